The summed E-state index contributed by atoms with van der Waals surface area (Å²) in [5.74, 6) is -0.0672. The lowest BCUT2D eigenvalue weighted by atomic mass is 10.3. The molecule has 0 unspecified atom stereocenters. The Labute approximate surface area is 121 Å². The molecule has 1 aromatic heterocycles. The summed E-state index contributed by atoms with van der Waals surface area (Å²) in [4.78, 5) is 7.62. The average Bonchev–Trinajstić information content (AvgIpc) is 2.46. The SMILES string of the molecule is COc1cc(OC)nc(NS(=O)(=O)c2cccc(O)c2)n1. The first-order valence-corrected chi connectivity index (χ1v) is 7.22. The van der Waals surface area contributed by atoms with E-state index >= 15 is 0 Å². The standard InChI is InChI=1S/C12H13N3O5S/c1-19-10-7-11(20-2)14-12(13-10)15-21(17,18)9-5-3-4-8(16)6-9/h3-7,16H,1-2H3,(H,13,14,15). The molecule has 9 heteroatoms. The van der Waals surface area contributed by atoms with Crippen molar-refractivity contribution >= 4 is 16.0 Å². The van der Waals surface area contributed by atoms with Crippen LogP contribution < -0.4 is 14.2 Å². The molecule has 0 aliphatic rings. The summed E-state index contributed by atoms with van der Waals surface area (Å²) in [6, 6.07) is 6.63. The molecule has 1 heterocycles. The summed E-state index contributed by atoms with van der Waals surface area (Å²) in [5, 5.41) is 9.34. The number of phenols is 1. The molecule has 0 radical (unpaired) electrons. The number of anilines is 1. The van der Waals surface area contributed by atoms with Gasteiger partial charge in [0.1, 0.15) is 5.75 Å². The molecule has 0 fully saturated rings. The Hall–Kier alpha value is -2.55. The van der Waals surface area contributed by atoms with Gasteiger partial charge in [-0.15, -0.1) is 0 Å². The van der Waals surface area contributed by atoms with Crippen LogP contribution in [-0.2, 0) is 10.0 Å². The van der Waals surface area contributed by atoms with Crippen LogP contribution in [0.25, 0.3) is 0 Å². The van der Waals surface area contributed by atoms with Crippen molar-refractivity contribution in [1.29, 1.82) is 0 Å². The zero-order valence-electron chi connectivity index (χ0n) is 11.3. The molecule has 112 valence electrons. The molecule has 1 aromatic carbocycles. The van der Waals surface area contributed by atoms with Crippen molar-refractivity contribution in [3.63, 3.8) is 0 Å². The van der Waals surface area contributed by atoms with Crippen LogP contribution in [0.4, 0.5) is 5.95 Å². The Bertz CT molecular complexity index is 726. The Morgan fingerprint density at radius 3 is 2.24 bits per heavy atom. The lowest BCUT2D eigenvalue weighted by Gasteiger charge is -2.09. The molecular formula is C12H13N3O5S. The predicted molar refractivity (Wildman–Crippen MR) is 74.1 cm³/mol. The fourth-order valence-electron chi connectivity index (χ4n) is 1.49. The minimum Gasteiger partial charge on any atom is -0.508 e. The maximum absolute atomic E-state index is 12.2. The predicted octanol–water partition coefficient (Wildman–Crippen LogP) is 1.00. The van der Waals surface area contributed by atoms with E-state index in [1.54, 1.807) is 0 Å². The molecule has 2 aromatic rings. The van der Waals surface area contributed by atoms with Gasteiger partial charge in [-0.05, 0) is 12.1 Å². The van der Waals surface area contributed by atoms with Crippen molar-refractivity contribution < 1.29 is 23.0 Å². The van der Waals surface area contributed by atoms with Crippen molar-refractivity contribution in [2.45, 2.75) is 4.90 Å². The van der Waals surface area contributed by atoms with Gasteiger partial charge >= 0.3 is 0 Å². The van der Waals surface area contributed by atoms with Gasteiger partial charge in [0.05, 0.1) is 25.2 Å². The molecule has 0 saturated carbocycles. The Kier molecular flexibility index (Phi) is 4.13. The maximum atomic E-state index is 12.2. The van der Waals surface area contributed by atoms with Crippen molar-refractivity contribution in [2.24, 2.45) is 0 Å². The van der Waals surface area contributed by atoms with Gasteiger partial charge < -0.3 is 14.6 Å². The maximum Gasteiger partial charge on any atom is 0.264 e. The third-order valence-electron chi connectivity index (χ3n) is 2.45. The molecule has 0 aliphatic heterocycles. The van der Waals surface area contributed by atoms with Crippen LogP contribution in [0, 0.1) is 0 Å². The van der Waals surface area contributed by atoms with Crippen LogP contribution in [0.5, 0.6) is 17.5 Å². The zero-order chi connectivity index (χ0) is 15.5. The van der Waals surface area contributed by atoms with Crippen molar-refractivity contribution in [3.05, 3.63) is 30.3 Å². The van der Waals surface area contributed by atoms with Crippen LogP contribution in [0.2, 0.25) is 0 Å². The zero-order valence-corrected chi connectivity index (χ0v) is 12.1. The summed E-state index contributed by atoms with van der Waals surface area (Å²) >= 11 is 0. The van der Waals surface area contributed by atoms with Crippen LogP contribution in [0.15, 0.2) is 35.2 Å². The van der Waals surface area contributed by atoms with Crippen molar-refractivity contribution in [3.8, 4) is 17.5 Å². The molecule has 0 saturated heterocycles. The number of nitrogens with one attached hydrogen (secondary N) is 1. The highest BCUT2D eigenvalue weighted by atomic mass is 32.2. The molecular weight excluding hydrogens is 298 g/mol. The van der Waals surface area contributed by atoms with E-state index < -0.39 is 10.0 Å². The van der Waals surface area contributed by atoms with Gasteiger partial charge in [0, 0.05) is 6.07 Å². The number of benzene rings is 1. The van der Waals surface area contributed by atoms with Crippen LogP contribution >= 0.6 is 0 Å². The van der Waals surface area contributed by atoms with E-state index in [-0.39, 0.29) is 28.4 Å². The number of phenolic OH excluding ortho intramolecular Hbond substituents is 1. The number of sulfonamides is 1. The molecule has 2 rings (SSSR count). The summed E-state index contributed by atoms with van der Waals surface area (Å²) in [5.41, 5.74) is 0. The first kappa shape index (κ1) is 14.9. The summed E-state index contributed by atoms with van der Waals surface area (Å²) < 4.78 is 36.4. The van der Waals surface area contributed by atoms with Gasteiger partial charge in [-0.3, -0.25) is 0 Å². The highest BCUT2D eigenvalue weighted by molar-refractivity contribution is 7.92. The molecule has 21 heavy (non-hydrogen) atoms. The van der Waals surface area contributed by atoms with Gasteiger partial charge in [0.15, 0.2) is 0 Å². The topological polar surface area (TPSA) is 111 Å². The van der Waals surface area contributed by atoms with Gasteiger partial charge in [-0.2, -0.15) is 9.97 Å². The van der Waals surface area contributed by atoms with Crippen LogP contribution in [-0.4, -0.2) is 37.7 Å². The quantitative estimate of drug-likeness (QED) is 0.847. The van der Waals surface area contributed by atoms with Gasteiger partial charge in [0.2, 0.25) is 17.7 Å². The number of rotatable bonds is 5. The Morgan fingerprint density at radius 2 is 1.71 bits per heavy atom. The van der Waals surface area contributed by atoms with E-state index in [0.717, 1.165) is 6.07 Å². The molecule has 8 nitrogen and oxygen atoms in total. The van der Waals surface area contributed by atoms with E-state index in [1.165, 1.54) is 38.5 Å². The van der Waals surface area contributed by atoms with E-state index in [0.29, 0.717) is 0 Å². The van der Waals surface area contributed by atoms with E-state index in [4.69, 9.17) is 9.47 Å². The Morgan fingerprint density at radius 1 is 1.10 bits per heavy atom. The number of methoxy groups -OCH3 is 2. The number of nitrogens with zero attached hydrogens (tertiary/aromatic N) is 2. The largest absolute Gasteiger partial charge is 0.508 e. The van der Waals surface area contributed by atoms with Crippen LogP contribution in [0.1, 0.15) is 0 Å². The number of aromatic nitrogens is 2. The van der Waals surface area contributed by atoms with Gasteiger partial charge in [-0.25, -0.2) is 13.1 Å². The number of hydrogen-bond acceptors (Lipinski definition) is 7. The minimum atomic E-state index is -3.93. The second-order valence-corrected chi connectivity index (χ2v) is 5.56. The third kappa shape index (κ3) is 3.51. The molecule has 0 amide bonds. The Balaban J connectivity index is 2.36. The minimum absolute atomic E-state index is 0.118. The summed E-state index contributed by atoms with van der Waals surface area (Å²) in [6.07, 6.45) is 0. The lowest BCUT2D eigenvalue weighted by Crippen LogP contribution is -2.15. The molecule has 0 atom stereocenters. The molecule has 2 N–H and O–H groups in total. The number of ether oxygens (including phenoxy) is 2. The summed E-state index contributed by atoms with van der Waals surface area (Å²) in [6.45, 7) is 0. The smallest absolute Gasteiger partial charge is 0.264 e. The first-order valence-electron chi connectivity index (χ1n) is 5.73. The highest BCUT2D eigenvalue weighted by Gasteiger charge is 2.17. The second kappa shape index (κ2) is 5.83. The van der Waals surface area contributed by atoms with Crippen LogP contribution in [0.3, 0.4) is 0 Å². The number of hydrogen-bond donors (Lipinski definition) is 2. The van der Waals surface area contributed by atoms with Gasteiger partial charge in [-0.1, -0.05) is 6.07 Å². The highest BCUT2D eigenvalue weighted by Crippen LogP contribution is 2.21. The van der Waals surface area contributed by atoms with Gasteiger partial charge in [0.25, 0.3) is 10.0 Å². The average molecular weight is 311 g/mol. The van der Waals surface area contributed by atoms with E-state index in [1.807, 2.05) is 0 Å². The van der Waals surface area contributed by atoms with Crippen molar-refractivity contribution in [2.75, 3.05) is 18.9 Å². The normalized spacial score (nSPS) is 11.0. The third-order valence-corrected chi connectivity index (χ3v) is 3.78. The summed E-state index contributed by atoms with van der Waals surface area (Å²) in [7, 11) is -1.16. The number of aromatic hydroxyl groups is 1. The second-order valence-electron chi connectivity index (χ2n) is 3.88. The fraction of sp³-hybridized carbons (Fsp3) is 0.167. The fourth-order valence-corrected chi connectivity index (χ4v) is 2.47. The molecule has 0 spiro atoms. The van der Waals surface area contributed by atoms with E-state index in [2.05, 4.69) is 14.7 Å². The molecule has 0 bridgehead atoms. The van der Waals surface area contributed by atoms with E-state index in [9.17, 15) is 13.5 Å². The lowest BCUT2D eigenvalue weighted by molar-refractivity contribution is 0.373. The first-order chi connectivity index (χ1) is 9.94. The monoisotopic (exact) mass is 311 g/mol. The molecule has 0 aliphatic carbocycles. The van der Waals surface area contributed by atoms with Crippen molar-refractivity contribution in [1.82, 2.24) is 9.97 Å².